The van der Waals surface area contributed by atoms with E-state index in [4.69, 9.17) is 4.42 Å². The zero-order chi connectivity index (χ0) is 16.2. The fourth-order valence-electron chi connectivity index (χ4n) is 1.89. The maximum Gasteiger partial charge on any atom is 0.269 e. The summed E-state index contributed by atoms with van der Waals surface area (Å²) in [6.45, 7) is 1.86. The van der Waals surface area contributed by atoms with Crippen LogP contribution in [-0.2, 0) is 0 Å². The quantitative estimate of drug-likeness (QED) is 0.433. The van der Waals surface area contributed by atoms with Gasteiger partial charge in [-0.25, -0.2) is 4.98 Å². The summed E-state index contributed by atoms with van der Waals surface area (Å²) in [6.07, 6.45) is 1.57. The first-order chi connectivity index (χ1) is 11.1. The molecule has 1 N–H and O–H groups in total. The second-order valence-corrected chi connectivity index (χ2v) is 5.52. The Hall–Kier alpha value is -3.00. The van der Waals surface area contributed by atoms with E-state index in [0.29, 0.717) is 10.9 Å². The summed E-state index contributed by atoms with van der Waals surface area (Å²) >= 11 is 1.39. The van der Waals surface area contributed by atoms with Crippen LogP contribution in [0.25, 0.3) is 11.3 Å². The van der Waals surface area contributed by atoms with E-state index in [1.807, 2.05) is 24.4 Å². The average Bonchev–Trinajstić information content (AvgIpc) is 3.17. The van der Waals surface area contributed by atoms with Crippen molar-refractivity contribution in [1.82, 2.24) is 4.98 Å². The smallest absolute Gasteiger partial charge is 0.269 e. The molecule has 0 spiro atoms. The second-order valence-electron chi connectivity index (χ2n) is 4.66. The summed E-state index contributed by atoms with van der Waals surface area (Å²) < 4.78 is 5.37. The molecule has 0 aliphatic heterocycles. The SMILES string of the molecule is Cc1ccc(/C=N/Nc2nc(-c3ccc([N+](=O)[O-])cc3)cs2)o1. The van der Waals surface area contributed by atoms with Gasteiger partial charge in [0.2, 0.25) is 5.13 Å². The monoisotopic (exact) mass is 328 g/mol. The molecular weight excluding hydrogens is 316 g/mol. The van der Waals surface area contributed by atoms with Crippen LogP contribution in [0, 0.1) is 17.0 Å². The first-order valence-electron chi connectivity index (χ1n) is 6.68. The third-order valence-electron chi connectivity index (χ3n) is 2.99. The first kappa shape index (κ1) is 14.9. The molecule has 0 saturated heterocycles. The van der Waals surface area contributed by atoms with Crippen LogP contribution in [-0.4, -0.2) is 16.1 Å². The Morgan fingerprint density at radius 3 is 2.74 bits per heavy atom. The molecule has 7 nitrogen and oxygen atoms in total. The predicted octanol–water partition coefficient (Wildman–Crippen LogP) is 4.07. The van der Waals surface area contributed by atoms with Gasteiger partial charge in [0.15, 0.2) is 0 Å². The van der Waals surface area contributed by atoms with E-state index in [1.54, 1.807) is 18.3 Å². The number of thiazole rings is 1. The molecule has 8 heteroatoms. The number of aryl methyl sites for hydroxylation is 1. The minimum absolute atomic E-state index is 0.0562. The number of nitrogens with zero attached hydrogens (tertiary/aromatic N) is 3. The van der Waals surface area contributed by atoms with Crippen LogP contribution in [0.4, 0.5) is 10.8 Å². The normalized spacial score (nSPS) is 11.0. The fourth-order valence-corrected chi connectivity index (χ4v) is 2.55. The molecule has 0 atom stereocenters. The molecule has 0 fully saturated rings. The highest BCUT2D eigenvalue weighted by Gasteiger charge is 2.08. The molecule has 0 radical (unpaired) electrons. The molecule has 0 aliphatic carbocycles. The van der Waals surface area contributed by atoms with E-state index in [1.165, 1.54) is 23.5 Å². The van der Waals surface area contributed by atoms with E-state index in [-0.39, 0.29) is 5.69 Å². The Balaban J connectivity index is 1.68. The minimum atomic E-state index is -0.428. The summed E-state index contributed by atoms with van der Waals surface area (Å²) in [7, 11) is 0. The van der Waals surface area contributed by atoms with E-state index >= 15 is 0 Å². The van der Waals surface area contributed by atoms with Gasteiger partial charge in [-0.2, -0.15) is 5.10 Å². The molecule has 0 bridgehead atoms. The lowest BCUT2D eigenvalue weighted by Gasteiger charge is -1.96. The zero-order valence-corrected chi connectivity index (χ0v) is 12.9. The Morgan fingerprint density at radius 2 is 2.09 bits per heavy atom. The lowest BCUT2D eigenvalue weighted by Crippen LogP contribution is -1.89. The van der Waals surface area contributed by atoms with Crippen LogP contribution in [0.1, 0.15) is 11.5 Å². The highest BCUT2D eigenvalue weighted by molar-refractivity contribution is 7.14. The average molecular weight is 328 g/mol. The van der Waals surface area contributed by atoms with Crippen LogP contribution < -0.4 is 5.43 Å². The summed E-state index contributed by atoms with van der Waals surface area (Å²) in [5, 5.41) is 17.2. The number of nitro benzene ring substituents is 1. The highest BCUT2D eigenvalue weighted by atomic mass is 32.1. The van der Waals surface area contributed by atoms with Crippen molar-refractivity contribution in [3.63, 3.8) is 0 Å². The van der Waals surface area contributed by atoms with Gasteiger partial charge in [0.05, 0.1) is 16.8 Å². The first-order valence-corrected chi connectivity index (χ1v) is 7.55. The largest absolute Gasteiger partial charge is 0.460 e. The van der Waals surface area contributed by atoms with E-state index in [9.17, 15) is 10.1 Å². The van der Waals surface area contributed by atoms with Crippen LogP contribution in [0.3, 0.4) is 0 Å². The molecule has 0 aliphatic rings. The third-order valence-corrected chi connectivity index (χ3v) is 3.74. The van der Waals surface area contributed by atoms with Gasteiger partial charge in [0.1, 0.15) is 11.5 Å². The van der Waals surface area contributed by atoms with Crippen molar-refractivity contribution in [2.45, 2.75) is 6.92 Å². The number of aromatic nitrogens is 1. The number of hydrogen-bond acceptors (Lipinski definition) is 7. The van der Waals surface area contributed by atoms with Crippen LogP contribution in [0.5, 0.6) is 0 Å². The molecule has 1 aromatic carbocycles. The summed E-state index contributed by atoms with van der Waals surface area (Å²) in [4.78, 5) is 14.6. The number of nitrogens with one attached hydrogen (secondary N) is 1. The lowest BCUT2D eigenvalue weighted by atomic mass is 10.1. The number of hydrazone groups is 1. The van der Waals surface area contributed by atoms with Crippen molar-refractivity contribution in [3.05, 3.63) is 63.4 Å². The molecule has 3 aromatic rings. The van der Waals surface area contributed by atoms with Crippen LogP contribution in [0.2, 0.25) is 0 Å². The maximum absolute atomic E-state index is 10.6. The molecular formula is C15H12N4O3S. The molecule has 23 heavy (non-hydrogen) atoms. The minimum Gasteiger partial charge on any atom is -0.460 e. The predicted molar refractivity (Wildman–Crippen MR) is 88.9 cm³/mol. The van der Waals surface area contributed by atoms with E-state index < -0.39 is 4.92 Å². The topological polar surface area (TPSA) is 93.6 Å². The molecule has 0 amide bonds. The van der Waals surface area contributed by atoms with Crippen LogP contribution >= 0.6 is 11.3 Å². The van der Waals surface area contributed by atoms with Gasteiger partial charge in [0.25, 0.3) is 5.69 Å². The van der Waals surface area contributed by atoms with Gasteiger partial charge in [-0.3, -0.25) is 15.5 Å². The number of hydrogen-bond donors (Lipinski definition) is 1. The molecule has 116 valence electrons. The molecule has 2 heterocycles. The number of nitro groups is 1. The van der Waals surface area contributed by atoms with Gasteiger partial charge in [0, 0.05) is 23.1 Å². The van der Waals surface area contributed by atoms with Crippen molar-refractivity contribution in [1.29, 1.82) is 0 Å². The number of non-ortho nitro benzene ring substituents is 1. The summed E-state index contributed by atoms with van der Waals surface area (Å²) in [5.41, 5.74) is 4.43. The van der Waals surface area contributed by atoms with Crippen molar-refractivity contribution < 1.29 is 9.34 Å². The van der Waals surface area contributed by atoms with Crippen molar-refractivity contribution in [2.24, 2.45) is 5.10 Å². The van der Waals surface area contributed by atoms with Gasteiger partial charge in [-0.1, -0.05) is 0 Å². The third kappa shape index (κ3) is 3.61. The number of anilines is 1. The van der Waals surface area contributed by atoms with Crippen LogP contribution in [0.15, 0.2) is 51.3 Å². The Bertz CT molecular complexity index is 852. The summed E-state index contributed by atoms with van der Waals surface area (Å²) in [6, 6.07) is 9.94. The summed E-state index contributed by atoms with van der Waals surface area (Å²) in [5.74, 6) is 1.48. The molecule has 0 saturated carbocycles. The standard InChI is InChI=1S/C15H12N4O3S/c1-10-2-7-13(22-10)8-16-18-15-17-14(9-23-15)11-3-5-12(6-4-11)19(20)21/h2-9H,1H3,(H,17,18)/b16-8+. The second kappa shape index (κ2) is 6.41. The number of furan rings is 1. The van der Waals surface area contributed by atoms with Crippen molar-refractivity contribution >= 4 is 28.4 Å². The maximum atomic E-state index is 10.6. The zero-order valence-electron chi connectivity index (χ0n) is 12.1. The Morgan fingerprint density at radius 1 is 1.30 bits per heavy atom. The Kier molecular flexibility index (Phi) is 4.15. The molecule has 3 rings (SSSR count). The Labute approximate surface area is 135 Å². The fraction of sp³-hybridized carbons (Fsp3) is 0.0667. The number of rotatable bonds is 5. The lowest BCUT2D eigenvalue weighted by molar-refractivity contribution is -0.384. The number of benzene rings is 1. The molecule has 2 aromatic heterocycles. The van der Waals surface area contributed by atoms with E-state index in [0.717, 1.165) is 17.0 Å². The van der Waals surface area contributed by atoms with E-state index in [2.05, 4.69) is 15.5 Å². The van der Waals surface area contributed by atoms with Gasteiger partial charge >= 0.3 is 0 Å². The highest BCUT2D eigenvalue weighted by Crippen LogP contribution is 2.26. The van der Waals surface area contributed by atoms with Gasteiger partial charge in [-0.05, 0) is 31.2 Å². The van der Waals surface area contributed by atoms with Gasteiger partial charge < -0.3 is 4.42 Å². The molecule has 0 unspecified atom stereocenters. The van der Waals surface area contributed by atoms with Crippen molar-refractivity contribution in [2.75, 3.05) is 5.43 Å². The van der Waals surface area contributed by atoms with Crippen molar-refractivity contribution in [3.8, 4) is 11.3 Å². The van der Waals surface area contributed by atoms with Gasteiger partial charge in [-0.15, -0.1) is 11.3 Å².